The molecular formula is C21H36O6Si. The number of carbonyl (C=O) groups excluding carboxylic acids is 2. The van der Waals surface area contributed by atoms with E-state index >= 15 is 0 Å². The summed E-state index contributed by atoms with van der Waals surface area (Å²) in [5.74, 6) is -0.237. The summed E-state index contributed by atoms with van der Waals surface area (Å²) in [6.07, 6.45) is 5.57. The third-order valence-corrected chi connectivity index (χ3v) is 11.0. The van der Waals surface area contributed by atoms with Crippen molar-refractivity contribution in [2.45, 2.75) is 89.3 Å². The minimum Gasteiger partial charge on any atom is -0.469 e. The summed E-state index contributed by atoms with van der Waals surface area (Å²) in [6.45, 7) is 11.1. The molecule has 6 nitrogen and oxygen atoms in total. The number of hydrogen-bond acceptors (Lipinski definition) is 6. The van der Waals surface area contributed by atoms with Crippen molar-refractivity contribution in [3.63, 3.8) is 0 Å². The average molecular weight is 413 g/mol. The van der Waals surface area contributed by atoms with Crippen molar-refractivity contribution in [2.24, 2.45) is 11.8 Å². The molecule has 1 N–H and O–H groups in total. The summed E-state index contributed by atoms with van der Waals surface area (Å²) in [5, 5.41) is 10.4. The smallest absolute Gasteiger partial charge is 0.306 e. The molecule has 2 rings (SSSR count). The molecule has 2 aliphatic rings. The highest BCUT2D eigenvalue weighted by atomic mass is 28.4. The summed E-state index contributed by atoms with van der Waals surface area (Å²) in [5.41, 5.74) is 0. The minimum absolute atomic E-state index is 0.00232. The average Bonchev–Trinajstić information content (AvgIpc) is 3.07. The first kappa shape index (κ1) is 23.1. The van der Waals surface area contributed by atoms with Gasteiger partial charge in [0.1, 0.15) is 6.10 Å². The Morgan fingerprint density at radius 1 is 1.39 bits per heavy atom. The maximum Gasteiger partial charge on any atom is 0.306 e. The van der Waals surface area contributed by atoms with Crippen molar-refractivity contribution in [3.05, 3.63) is 12.2 Å². The van der Waals surface area contributed by atoms with Gasteiger partial charge in [-0.3, -0.25) is 9.59 Å². The predicted molar refractivity (Wildman–Crippen MR) is 109 cm³/mol. The lowest BCUT2D eigenvalue weighted by Crippen LogP contribution is -2.45. The van der Waals surface area contributed by atoms with Crippen molar-refractivity contribution in [3.8, 4) is 0 Å². The van der Waals surface area contributed by atoms with Crippen molar-refractivity contribution in [1.82, 2.24) is 0 Å². The van der Waals surface area contributed by atoms with Gasteiger partial charge in [-0.15, -0.1) is 0 Å². The number of fused-ring (bicyclic) bond motifs is 1. The topological polar surface area (TPSA) is 82.1 Å². The van der Waals surface area contributed by atoms with Gasteiger partial charge in [-0.05, 0) is 31.0 Å². The molecule has 0 spiro atoms. The van der Waals surface area contributed by atoms with E-state index in [4.69, 9.17) is 9.16 Å². The first-order valence-electron chi connectivity index (χ1n) is 10.2. The van der Waals surface area contributed by atoms with E-state index in [2.05, 4.69) is 38.6 Å². The van der Waals surface area contributed by atoms with Crippen molar-refractivity contribution >= 4 is 20.3 Å². The quantitative estimate of drug-likeness (QED) is 0.373. The fourth-order valence-corrected chi connectivity index (χ4v) is 5.12. The Bertz CT molecular complexity index is 594. The summed E-state index contributed by atoms with van der Waals surface area (Å²) in [6, 6.07) is 0. The van der Waals surface area contributed by atoms with Gasteiger partial charge < -0.3 is 19.0 Å². The molecule has 1 heterocycles. The standard InChI is InChI=1S/C21H36O6Si/c1-21(2,3)28(5,6)27-18-13-17-16(12-20(24)26-17)15(18)11-10-14(22)8-7-9-19(23)25-4/h10-11,14-18,22H,7-9,12-13H2,1-6H3/b11-10+/t14-,15+,16-,17+,18-/m0/s1. The van der Waals surface area contributed by atoms with E-state index in [0.717, 1.165) is 6.42 Å². The zero-order chi connectivity index (χ0) is 21.1. The van der Waals surface area contributed by atoms with E-state index < -0.39 is 14.4 Å². The van der Waals surface area contributed by atoms with Crippen LogP contribution in [0.3, 0.4) is 0 Å². The fraction of sp³-hybridized carbons (Fsp3) is 0.810. The van der Waals surface area contributed by atoms with Crippen LogP contribution in [-0.4, -0.2) is 50.8 Å². The Hall–Kier alpha value is -1.18. The highest BCUT2D eigenvalue weighted by Crippen LogP contribution is 2.47. The molecule has 160 valence electrons. The third kappa shape index (κ3) is 5.67. The predicted octanol–water partition coefficient (Wildman–Crippen LogP) is 3.59. The van der Waals surface area contributed by atoms with E-state index in [-0.39, 0.29) is 41.0 Å². The van der Waals surface area contributed by atoms with Gasteiger partial charge in [-0.1, -0.05) is 32.9 Å². The van der Waals surface area contributed by atoms with Gasteiger partial charge in [-0.2, -0.15) is 0 Å². The molecule has 2 fully saturated rings. The first-order valence-corrected chi connectivity index (χ1v) is 13.2. The van der Waals surface area contributed by atoms with Crippen LogP contribution in [0, 0.1) is 11.8 Å². The van der Waals surface area contributed by atoms with Crippen molar-refractivity contribution in [1.29, 1.82) is 0 Å². The van der Waals surface area contributed by atoms with Crippen molar-refractivity contribution < 1.29 is 28.6 Å². The molecule has 1 aliphatic carbocycles. The second kappa shape index (κ2) is 9.09. The summed E-state index contributed by atoms with van der Waals surface area (Å²) < 4.78 is 16.8. The van der Waals surface area contributed by atoms with E-state index in [0.29, 0.717) is 25.7 Å². The van der Waals surface area contributed by atoms with Gasteiger partial charge in [0, 0.05) is 24.7 Å². The summed E-state index contributed by atoms with van der Waals surface area (Å²) >= 11 is 0. The molecule has 1 saturated heterocycles. The zero-order valence-electron chi connectivity index (χ0n) is 18.1. The molecule has 0 amide bonds. The Kier molecular flexibility index (Phi) is 7.50. The van der Waals surface area contributed by atoms with Gasteiger partial charge in [0.15, 0.2) is 8.32 Å². The molecule has 0 aromatic carbocycles. The van der Waals surface area contributed by atoms with Gasteiger partial charge in [0.2, 0.25) is 0 Å². The van der Waals surface area contributed by atoms with Crippen LogP contribution in [0.2, 0.25) is 18.1 Å². The van der Waals surface area contributed by atoms with Gasteiger partial charge in [-0.25, -0.2) is 0 Å². The molecule has 0 aromatic rings. The van der Waals surface area contributed by atoms with Crippen molar-refractivity contribution in [2.75, 3.05) is 7.11 Å². The van der Waals surface area contributed by atoms with Crippen LogP contribution in [0.4, 0.5) is 0 Å². The lowest BCUT2D eigenvalue weighted by atomic mass is 9.91. The largest absolute Gasteiger partial charge is 0.469 e. The molecular weight excluding hydrogens is 376 g/mol. The number of ether oxygens (including phenoxy) is 2. The van der Waals surface area contributed by atoms with Crippen LogP contribution < -0.4 is 0 Å². The SMILES string of the molecule is COC(=O)CCC[C@H](O)/C=C/[C@@H]1[C@@H]2CC(=O)O[C@@H]2C[C@@H]1O[Si](C)(C)C(C)(C)C. The number of hydrogen-bond donors (Lipinski definition) is 1. The number of rotatable bonds is 8. The zero-order valence-corrected chi connectivity index (χ0v) is 19.1. The number of aliphatic hydroxyl groups excluding tert-OH is 1. The Morgan fingerprint density at radius 2 is 2.07 bits per heavy atom. The maximum absolute atomic E-state index is 11.8. The highest BCUT2D eigenvalue weighted by molar-refractivity contribution is 6.74. The molecule has 0 aromatic heterocycles. The fourth-order valence-electron chi connectivity index (χ4n) is 3.76. The Balaban J connectivity index is 2.03. The second-order valence-corrected chi connectivity index (χ2v) is 14.3. The van der Waals surface area contributed by atoms with Gasteiger partial charge >= 0.3 is 11.9 Å². The molecule has 0 bridgehead atoms. The molecule has 28 heavy (non-hydrogen) atoms. The molecule has 1 saturated carbocycles. The van der Waals surface area contributed by atoms with Crippen LogP contribution in [0.1, 0.15) is 52.9 Å². The highest BCUT2D eigenvalue weighted by Gasteiger charge is 2.52. The number of esters is 2. The molecule has 5 atom stereocenters. The lowest BCUT2D eigenvalue weighted by Gasteiger charge is -2.39. The minimum atomic E-state index is -1.96. The Morgan fingerprint density at radius 3 is 2.68 bits per heavy atom. The van der Waals surface area contributed by atoms with Crippen LogP contribution in [0.5, 0.6) is 0 Å². The number of carbonyl (C=O) groups is 2. The number of aliphatic hydroxyl groups is 1. The van der Waals surface area contributed by atoms with Gasteiger partial charge in [0.25, 0.3) is 0 Å². The molecule has 0 unspecified atom stereocenters. The monoisotopic (exact) mass is 412 g/mol. The van der Waals surface area contributed by atoms with E-state index in [1.165, 1.54) is 7.11 Å². The third-order valence-electron chi connectivity index (χ3n) is 6.47. The summed E-state index contributed by atoms with van der Waals surface area (Å²) in [4.78, 5) is 22.9. The first-order chi connectivity index (χ1) is 12.9. The maximum atomic E-state index is 11.8. The molecule has 1 aliphatic heterocycles. The van der Waals surface area contributed by atoms with Crippen LogP contribution in [0.15, 0.2) is 12.2 Å². The van der Waals surface area contributed by atoms with E-state index in [9.17, 15) is 14.7 Å². The van der Waals surface area contributed by atoms with E-state index in [1.54, 1.807) is 6.08 Å². The van der Waals surface area contributed by atoms with Crippen LogP contribution in [0.25, 0.3) is 0 Å². The van der Waals surface area contributed by atoms with Gasteiger partial charge in [0.05, 0.1) is 25.7 Å². The van der Waals surface area contributed by atoms with E-state index in [1.807, 2.05) is 6.08 Å². The molecule has 7 heteroatoms. The van der Waals surface area contributed by atoms with Crippen LogP contribution >= 0.6 is 0 Å². The number of methoxy groups -OCH3 is 1. The molecule has 0 radical (unpaired) electrons. The normalized spacial score (nSPS) is 29.0. The summed E-state index contributed by atoms with van der Waals surface area (Å²) in [7, 11) is -0.595. The second-order valence-electron chi connectivity index (χ2n) is 9.55. The lowest BCUT2D eigenvalue weighted by molar-refractivity contribution is -0.142. The van der Waals surface area contributed by atoms with Crippen LogP contribution in [-0.2, 0) is 23.5 Å². The Labute approximate surface area is 169 Å².